The highest BCUT2D eigenvalue weighted by molar-refractivity contribution is 7.13. The fraction of sp³-hybridized carbons (Fsp3) is 0.700. The van der Waals surface area contributed by atoms with Crippen molar-refractivity contribution in [2.45, 2.75) is 25.5 Å². The highest BCUT2D eigenvalue weighted by Crippen LogP contribution is 2.15. The summed E-state index contributed by atoms with van der Waals surface area (Å²) in [5.74, 6) is 0. The largest absolute Gasteiger partial charge is 0.377 e. The summed E-state index contributed by atoms with van der Waals surface area (Å²) in [7, 11) is 2.09. The second kappa shape index (κ2) is 4.92. The van der Waals surface area contributed by atoms with Crippen molar-refractivity contribution in [1.29, 1.82) is 0 Å². The quantitative estimate of drug-likeness (QED) is 0.843. The number of thiazole rings is 1. The number of likely N-dealkylation sites (N-methyl/N-ethyl adjacent to an activating group) is 1. The van der Waals surface area contributed by atoms with Gasteiger partial charge in [0.2, 0.25) is 0 Å². The van der Waals surface area contributed by atoms with Crippen LogP contribution in [0.4, 0.5) is 5.13 Å². The Labute approximate surface area is 94.1 Å². The number of anilines is 1. The van der Waals surface area contributed by atoms with E-state index in [0.717, 1.165) is 25.4 Å². The van der Waals surface area contributed by atoms with Crippen LogP contribution in [-0.2, 0) is 11.3 Å². The van der Waals surface area contributed by atoms with Gasteiger partial charge in [-0.3, -0.25) is 4.90 Å². The summed E-state index contributed by atoms with van der Waals surface area (Å²) in [6.07, 6.45) is 2.79. The molecule has 2 heterocycles. The topological polar surface area (TPSA) is 51.4 Å². The molecule has 1 saturated heterocycles. The van der Waals surface area contributed by atoms with Gasteiger partial charge in [0.05, 0.1) is 11.8 Å². The minimum atomic E-state index is 0.408. The van der Waals surface area contributed by atoms with Crippen LogP contribution < -0.4 is 5.73 Å². The van der Waals surface area contributed by atoms with Gasteiger partial charge in [-0.1, -0.05) is 0 Å². The minimum Gasteiger partial charge on any atom is -0.377 e. The molecule has 0 saturated carbocycles. The van der Waals surface area contributed by atoms with E-state index in [4.69, 9.17) is 10.5 Å². The molecule has 1 atom stereocenters. The van der Waals surface area contributed by atoms with Gasteiger partial charge in [-0.05, 0) is 19.9 Å². The van der Waals surface area contributed by atoms with Crippen LogP contribution in [0.1, 0.15) is 18.5 Å². The Balaban J connectivity index is 1.78. The first-order valence-corrected chi connectivity index (χ1v) is 6.12. The summed E-state index contributed by atoms with van der Waals surface area (Å²) in [5.41, 5.74) is 6.64. The smallest absolute Gasteiger partial charge is 0.180 e. The second-order valence-electron chi connectivity index (χ2n) is 4.01. The number of nitrogen functional groups attached to an aromatic ring is 1. The highest BCUT2D eigenvalue weighted by atomic mass is 32.1. The van der Waals surface area contributed by atoms with E-state index in [1.165, 1.54) is 24.2 Å². The fourth-order valence-electron chi connectivity index (χ4n) is 1.87. The molecule has 2 rings (SSSR count). The fourth-order valence-corrected chi connectivity index (χ4v) is 2.43. The van der Waals surface area contributed by atoms with Crippen molar-refractivity contribution in [2.24, 2.45) is 0 Å². The molecule has 1 unspecified atom stereocenters. The predicted octanol–water partition coefficient (Wildman–Crippen LogP) is 1.34. The average molecular weight is 227 g/mol. The van der Waals surface area contributed by atoms with E-state index in [1.807, 2.05) is 5.38 Å². The summed E-state index contributed by atoms with van der Waals surface area (Å²) in [5, 5.41) is 2.66. The van der Waals surface area contributed by atoms with Crippen molar-refractivity contribution < 1.29 is 4.74 Å². The Bertz CT molecular complexity index is 309. The number of rotatable bonds is 4. The van der Waals surface area contributed by atoms with Crippen LogP contribution >= 0.6 is 11.3 Å². The van der Waals surface area contributed by atoms with Gasteiger partial charge in [0.1, 0.15) is 0 Å². The first-order valence-electron chi connectivity index (χ1n) is 5.24. The third kappa shape index (κ3) is 3.15. The highest BCUT2D eigenvalue weighted by Gasteiger charge is 2.17. The lowest BCUT2D eigenvalue weighted by Crippen LogP contribution is -2.28. The van der Waals surface area contributed by atoms with Crippen molar-refractivity contribution in [2.75, 3.05) is 25.9 Å². The summed E-state index contributed by atoms with van der Waals surface area (Å²) < 4.78 is 5.58. The lowest BCUT2D eigenvalue weighted by Gasteiger charge is -2.19. The van der Waals surface area contributed by atoms with Gasteiger partial charge in [-0.2, -0.15) is 0 Å². The number of nitrogens with zero attached hydrogens (tertiary/aromatic N) is 2. The lowest BCUT2D eigenvalue weighted by atomic mass is 10.2. The molecule has 1 aromatic heterocycles. The zero-order valence-electron chi connectivity index (χ0n) is 8.98. The first kappa shape index (κ1) is 10.9. The van der Waals surface area contributed by atoms with Crippen LogP contribution in [0.5, 0.6) is 0 Å². The standard InChI is InChI=1S/C10H17N3OS/c1-13(6-9-3-2-4-14-9)5-8-7-15-10(11)12-8/h7,9H,2-6H2,1H3,(H2,11,12). The van der Waals surface area contributed by atoms with E-state index in [1.54, 1.807) is 0 Å². The van der Waals surface area contributed by atoms with Crippen molar-refractivity contribution in [3.05, 3.63) is 11.1 Å². The molecule has 0 bridgehead atoms. The van der Waals surface area contributed by atoms with Gasteiger partial charge in [0, 0.05) is 25.1 Å². The molecule has 15 heavy (non-hydrogen) atoms. The van der Waals surface area contributed by atoms with Gasteiger partial charge in [-0.15, -0.1) is 11.3 Å². The summed E-state index contributed by atoms with van der Waals surface area (Å²) in [6, 6.07) is 0. The van der Waals surface area contributed by atoms with Crippen molar-refractivity contribution in [3.8, 4) is 0 Å². The predicted molar refractivity (Wildman–Crippen MR) is 61.8 cm³/mol. The molecule has 0 radical (unpaired) electrons. The average Bonchev–Trinajstić information content (AvgIpc) is 2.77. The van der Waals surface area contributed by atoms with Gasteiger partial charge in [0.15, 0.2) is 5.13 Å². The monoisotopic (exact) mass is 227 g/mol. The number of nitrogens with two attached hydrogens (primary N) is 1. The molecule has 4 nitrogen and oxygen atoms in total. The Hall–Kier alpha value is -0.650. The number of hydrogen-bond acceptors (Lipinski definition) is 5. The third-order valence-corrected chi connectivity index (χ3v) is 3.26. The van der Waals surface area contributed by atoms with Crippen LogP contribution in [0.3, 0.4) is 0 Å². The zero-order valence-corrected chi connectivity index (χ0v) is 9.80. The molecule has 2 N–H and O–H groups in total. The van der Waals surface area contributed by atoms with E-state index < -0.39 is 0 Å². The molecule has 0 spiro atoms. The summed E-state index contributed by atoms with van der Waals surface area (Å²) in [6.45, 7) is 2.76. The van der Waals surface area contributed by atoms with E-state index >= 15 is 0 Å². The van der Waals surface area contributed by atoms with Gasteiger partial charge >= 0.3 is 0 Å². The van der Waals surface area contributed by atoms with Gasteiger partial charge in [0.25, 0.3) is 0 Å². The van der Waals surface area contributed by atoms with E-state index in [9.17, 15) is 0 Å². The first-order chi connectivity index (χ1) is 7.24. The Morgan fingerprint density at radius 2 is 2.60 bits per heavy atom. The second-order valence-corrected chi connectivity index (χ2v) is 4.90. The Morgan fingerprint density at radius 1 is 1.73 bits per heavy atom. The van der Waals surface area contributed by atoms with Gasteiger partial charge < -0.3 is 10.5 Å². The van der Waals surface area contributed by atoms with Crippen LogP contribution in [0, 0.1) is 0 Å². The molecule has 5 heteroatoms. The van der Waals surface area contributed by atoms with E-state index in [-0.39, 0.29) is 0 Å². The number of hydrogen-bond donors (Lipinski definition) is 1. The molecule has 1 aliphatic rings. The molecule has 0 amide bonds. The maximum atomic E-state index is 5.58. The summed E-state index contributed by atoms with van der Waals surface area (Å²) in [4.78, 5) is 6.48. The molecule has 1 fully saturated rings. The zero-order chi connectivity index (χ0) is 10.7. The maximum Gasteiger partial charge on any atom is 0.180 e. The number of ether oxygens (including phenoxy) is 1. The van der Waals surface area contributed by atoms with Crippen LogP contribution in [-0.4, -0.2) is 36.2 Å². The van der Waals surface area contributed by atoms with Crippen molar-refractivity contribution in [3.63, 3.8) is 0 Å². The molecular weight excluding hydrogens is 210 g/mol. The van der Waals surface area contributed by atoms with E-state index in [0.29, 0.717) is 11.2 Å². The SMILES string of the molecule is CN(Cc1csc(N)n1)CC1CCCO1. The molecule has 84 valence electrons. The third-order valence-electron chi connectivity index (χ3n) is 2.54. The van der Waals surface area contributed by atoms with Crippen LogP contribution in [0.2, 0.25) is 0 Å². The van der Waals surface area contributed by atoms with Gasteiger partial charge in [-0.25, -0.2) is 4.98 Å². The van der Waals surface area contributed by atoms with Crippen LogP contribution in [0.25, 0.3) is 0 Å². The Kier molecular flexibility index (Phi) is 3.56. The Morgan fingerprint density at radius 3 is 3.20 bits per heavy atom. The normalized spacial score (nSPS) is 21.3. The lowest BCUT2D eigenvalue weighted by molar-refractivity contribution is 0.0790. The van der Waals surface area contributed by atoms with Crippen LogP contribution in [0.15, 0.2) is 5.38 Å². The maximum absolute atomic E-state index is 5.58. The molecule has 0 aliphatic carbocycles. The van der Waals surface area contributed by atoms with E-state index in [2.05, 4.69) is 16.9 Å². The molecule has 1 aromatic rings. The van der Waals surface area contributed by atoms with Crippen molar-refractivity contribution >= 4 is 16.5 Å². The molecule has 1 aliphatic heterocycles. The van der Waals surface area contributed by atoms with Crippen molar-refractivity contribution in [1.82, 2.24) is 9.88 Å². The molecule has 0 aromatic carbocycles. The summed E-state index contributed by atoms with van der Waals surface area (Å²) >= 11 is 1.50. The minimum absolute atomic E-state index is 0.408. The molecular formula is C10H17N3OS. The number of aromatic nitrogens is 1.